The van der Waals surface area contributed by atoms with E-state index in [1.165, 1.54) is 47.6 Å². The van der Waals surface area contributed by atoms with E-state index >= 15 is 0 Å². The maximum atomic E-state index is 14.0. The van der Waals surface area contributed by atoms with Crippen LogP contribution in [0.1, 0.15) is 77.7 Å². The number of hydrogen-bond acceptors (Lipinski definition) is 10. The summed E-state index contributed by atoms with van der Waals surface area (Å²) in [5.74, 6) is -1.16. The first-order chi connectivity index (χ1) is 34.8. The van der Waals surface area contributed by atoms with Crippen LogP contribution in [0.25, 0.3) is 76.9 Å². The van der Waals surface area contributed by atoms with Gasteiger partial charge in [0, 0.05) is 92.6 Å². The number of carbonyl (C=O) groups excluding carboxylic acids is 4. The molecule has 11 rings (SSSR count). The highest BCUT2D eigenvalue weighted by molar-refractivity contribution is 7.23. The summed E-state index contributed by atoms with van der Waals surface area (Å²) in [6.07, 6.45) is 4.33. The first kappa shape index (κ1) is 46.4. The van der Waals surface area contributed by atoms with E-state index in [2.05, 4.69) is 101 Å². The Hall–Kier alpha value is -7.96. The fourth-order valence-electron chi connectivity index (χ4n) is 10.4. The lowest BCUT2D eigenvalue weighted by atomic mass is 9.87. The van der Waals surface area contributed by atoms with Crippen LogP contribution < -0.4 is 18.1 Å². The molecule has 0 amide bonds. The number of thiophene rings is 4. The van der Waals surface area contributed by atoms with Gasteiger partial charge in [0.1, 0.15) is 23.3 Å². The molecule has 5 aromatic carbocycles. The third-order valence-electron chi connectivity index (χ3n) is 13.5. The van der Waals surface area contributed by atoms with E-state index in [9.17, 15) is 29.7 Å². The minimum atomic E-state index is -0.384. The Kier molecular flexibility index (Phi) is 11.6. The number of allylic oxidation sites excluding steroid dienone is 4. The summed E-state index contributed by atoms with van der Waals surface area (Å²) in [6.45, 7) is 11.4. The third kappa shape index (κ3) is 7.46. The van der Waals surface area contributed by atoms with Gasteiger partial charge in [-0.3, -0.25) is 19.2 Å². The van der Waals surface area contributed by atoms with E-state index < -0.39 is 0 Å². The standard InChI is InChI=1S/C62H40N2O4S4/c1-31-13-11-14-32(2)51(31)55-45-27-39(25-37-21-23-49(69-37)57-53(47(29-63)35(5)65)41-17-7-9-19-43(41)59(57)67)72-62(45)56(52-33(3)15-12-16-34(52)4)46-28-40(71-61(46)55)26-38-22-24-50(70-38)58-54(48(30-64)36(6)66)42-18-8-10-20-44(42)60(58)68/h7-28H,1-6H3/b37-25-,38-26-,53-47+,54-48+,57-49-,58-50-. The van der Waals surface area contributed by atoms with E-state index in [1.807, 2.05) is 36.4 Å². The molecule has 0 unspecified atom stereocenters. The number of nitriles is 2. The van der Waals surface area contributed by atoms with Gasteiger partial charge < -0.3 is 0 Å². The number of Topliss-reactive ketones (excluding diaryl/α,β-unsaturated/α-hetero) is 4. The van der Waals surface area contributed by atoms with Crippen LogP contribution in [0.5, 0.6) is 0 Å². The van der Waals surface area contributed by atoms with Gasteiger partial charge in [0.15, 0.2) is 23.1 Å². The van der Waals surface area contributed by atoms with Crippen LogP contribution in [0.3, 0.4) is 0 Å². The number of benzene rings is 5. The van der Waals surface area contributed by atoms with Gasteiger partial charge in [0.2, 0.25) is 0 Å². The monoisotopic (exact) mass is 1000 g/mol. The first-order valence-corrected chi connectivity index (χ1v) is 26.4. The lowest BCUT2D eigenvalue weighted by Crippen LogP contribution is -2.08. The molecule has 6 nitrogen and oxygen atoms in total. The fourth-order valence-corrected chi connectivity index (χ4v) is 15.0. The van der Waals surface area contributed by atoms with Crippen LogP contribution in [0.15, 0.2) is 132 Å². The maximum Gasteiger partial charge on any atom is 0.195 e. The predicted octanol–water partition coefficient (Wildman–Crippen LogP) is 12.3. The number of fused-ring (bicyclic) bond motifs is 4. The Labute approximate surface area is 430 Å². The number of aryl methyl sites for hydroxylation is 4. The van der Waals surface area contributed by atoms with Crippen molar-refractivity contribution in [3.05, 3.63) is 205 Å². The van der Waals surface area contributed by atoms with E-state index in [0.717, 1.165) is 72.4 Å². The summed E-state index contributed by atoms with van der Waals surface area (Å²) < 4.78 is 5.55. The zero-order valence-electron chi connectivity index (χ0n) is 39.9. The van der Waals surface area contributed by atoms with Gasteiger partial charge >= 0.3 is 0 Å². The molecule has 9 aromatic rings. The molecule has 0 bridgehead atoms. The molecule has 4 aromatic heterocycles. The first-order valence-electron chi connectivity index (χ1n) is 23.2. The van der Waals surface area contributed by atoms with Crippen molar-refractivity contribution in [1.29, 1.82) is 10.5 Å². The van der Waals surface area contributed by atoms with Crippen LogP contribution in [0.2, 0.25) is 0 Å². The highest BCUT2D eigenvalue weighted by Crippen LogP contribution is 2.52. The molecule has 4 heterocycles. The van der Waals surface area contributed by atoms with E-state index in [4.69, 9.17) is 0 Å². The molecule has 0 atom stereocenters. The van der Waals surface area contributed by atoms with Crippen LogP contribution in [-0.4, -0.2) is 23.1 Å². The lowest BCUT2D eigenvalue weighted by Gasteiger charge is -2.18. The second-order valence-corrected chi connectivity index (χ2v) is 22.5. The Bertz CT molecular complexity index is 4020. The molecular formula is C62H40N2O4S4. The number of nitrogens with zero attached hydrogens (tertiary/aromatic N) is 2. The van der Waals surface area contributed by atoms with Crippen molar-refractivity contribution < 1.29 is 19.2 Å². The smallest absolute Gasteiger partial charge is 0.195 e. The zero-order chi connectivity index (χ0) is 50.3. The Morgan fingerprint density at radius 3 is 1.17 bits per heavy atom. The van der Waals surface area contributed by atoms with Gasteiger partial charge in [0.25, 0.3) is 0 Å². The molecule has 0 N–H and O–H groups in total. The summed E-state index contributed by atoms with van der Waals surface area (Å²) in [5, 5.41) is 22.6. The van der Waals surface area contributed by atoms with Crippen molar-refractivity contribution in [2.24, 2.45) is 0 Å². The normalized spacial score (nSPS) is 16.6. The molecule has 2 aliphatic carbocycles. The Morgan fingerprint density at radius 1 is 0.458 bits per heavy atom. The average molecular weight is 1010 g/mol. The number of carbonyl (C=O) groups is 4. The van der Waals surface area contributed by atoms with Gasteiger partial charge in [0.05, 0.1) is 0 Å². The van der Waals surface area contributed by atoms with Crippen LogP contribution in [-0.2, 0) is 9.59 Å². The number of rotatable bonds is 6. The fraction of sp³-hybridized carbons (Fsp3) is 0.0968. The topological polar surface area (TPSA) is 116 Å². The Morgan fingerprint density at radius 2 is 0.819 bits per heavy atom. The Balaban J connectivity index is 1.16. The minimum Gasteiger partial charge on any atom is -0.294 e. The molecule has 10 heteroatoms. The third-order valence-corrected chi connectivity index (χ3v) is 17.8. The predicted molar refractivity (Wildman–Crippen MR) is 296 cm³/mol. The summed E-state index contributed by atoms with van der Waals surface area (Å²) in [5.41, 5.74) is 13.0. The van der Waals surface area contributed by atoms with Crippen molar-refractivity contribution >= 4 is 123 Å². The van der Waals surface area contributed by atoms with Crippen molar-refractivity contribution in [1.82, 2.24) is 0 Å². The highest BCUT2D eigenvalue weighted by atomic mass is 32.1. The lowest BCUT2D eigenvalue weighted by molar-refractivity contribution is -0.114. The molecule has 0 radical (unpaired) electrons. The molecule has 0 saturated carbocycles. The van der Waals surface area contributed by atoms with E-state index in [1.54, 1.807) is 59.1 Å². The van der Waals surface area contributed by atoms with Gasteiger partial charge in [-0.25, -0.2) is 0 Å². The summed E-state index contributed by atoms with van der Waals surface area (Å²) >= 11 is 6.40. The average Bonchev–Trinajstić information content (AvgIpc) is 4.23. The molecule has 0 saturated heterocycles. The molecule has 0 fully saturated rings. The van der Waals surface area contributed by atoms with Crippen molar-refractivity contribution in [3.63, 3.8) is 0 Å². The van der Waals surface area contributed by atoms with Crippen LogP contribution in [0, 0.1) is 50.4 Å². The van der Waals surface area contributed by atoms with Gasteiger partial charge in [-0.1, -0.05) is 84.9 Å². The summed E-state index contributed by atoms with van der Waals surface area (Å²) in [7, 11) is 0. The number of ketones is 4. The van der Waals surface area contributed by atoms with Crippen molar-refractivity contribution in [2.45, 2.75) is 41.5 Å². The molecule has 0 aliphatic heterocycles. The van der Waals surface area contributed by atoms with Crippen molar-refractivity contribution in [3.8, 4) is 34.4 Å². The zero-order valence-corrected chi connectivity index (χ0v) is 43.1. The maximum absolute atomic E-state index is 14.0. The molecule has 346 valence electrons. The van der Waals surface area contributed by atoms with E-state index in [0.29, 0.717) is 53.6 Å². The van der Waals surface area contributed by atoms with Crippen LogP contribution in [0.4, 0.5) is 0 Å². The largest absolute Gasteiger partial charge is 0.294 e. The van der Waals surface area contributed by atoms with Crippen molar-refractivity contribution in [2.75, 3.05) is 0 Å². The highest BCUT2D eigenvalue weighted by Gasteiger charge is 2.35. The van der Waals surface area contributed by atoms with E-state index in [-0.39, 0.29) is 34.3 Å². The second kappa shape index (κ2) is 18.0. The summed E-state index contributed by atoms with van der Waals surface area (Å²) in [4.78, 5) is 55.8. The molecular weight excluding hydrogens is 965 g/mol. The van der Waals surface area contributed by atoms with Crippen LogP contribution >= 0.6 is 45.3 Å². The quantitative estimate of drug-likeness (QED) is 0.121. The number of hydrogen-bond donors (Lipinski definition) is 0. The van der Waals surface area contributed by atoms with Gasteiger partial charge in [-0.05, 0) is 135 Å². The molecule has 0 spiro atoms. The minimum absolute atomic E-state index is 0.0242. The SMILES string of the molecule is CC(=O)/C(C#N)=C1/C(=c2\cc/c(=C/c3cc4c(-c5c(C)cccc5C)c5sc(/C=c6/cc/c(=C7/C(=O)c8ccccc8/C7=C(/C#N)C(C)=O)s6)cc5c(-c5c(C)cccc5C)c4s3)s2)C(=O)c2ccccc21. The summed E-state index contributed by atoms with van der Waals surface area (Å²) in [6, 6.07) is 43.8. The van der Waals surface area contributed by atoms with Gasteiger partial charge in [-0.2, -0.15) is 10.5 Å². The van der Waals surface area contributed by atoms with Gasteiger partial charge in [-0.15, -0.1) is 45.3 Å². The second-order valence-electron chi connectivity index (χ2n) is 18.1. The molecule has 72 heavy (non-hydrogen) atoms. The molecule has 2 aliphatic rings.